The summed E-state index contributed by atoms with van der Waals surface area (Å²) in [5, 5.41) is 31.0. The van der Waals surface area contributed by atoms with E-state index in [1.807, 2.05) is 20.8 Å². The van der Waals surface area contributed by atoms with Crippen molar-refractivity contribution >= 4 is 17.9 Å². The van der Waals surface area contributed by atoms with E-state index >= 15 is 0 Å². The van der Waals surface area contributed by atoms with E-state index in [1.165, 1.54) is 0 Å². The van der Waals surface area contributed by atoms with Crippen LogP contribution in [0.1, 0.15) is 119 Å². The number of nitrogens with one attached hydrogen (secondary N) is 1. The topological polar surface area (TPSA) is 149 Å². The summed E-state index contributed by atoms with van der Waals surface area (Å²) in [5.41, 5.74) is 0. The number of H-pyrrole nitrogens is 1. The molecule has 1 rings (SSSR count). The van der Waals surface area contributed by atoms with Crippen molar-refractivity contribution in [2.45, 2.75) is 119 Å². The Balaban J connectivity index is -0.000000192. The van der Waals surface area contributed by atoms with E-state index in [0.717, 1.165) is 57.8 Å². The average Bonchev–Trinajstić information content (AvgIpc) is 3.41. The first-order chi connectivity index (χ1) is 16.7. The molecule has 1 N–H and O–H groups in total. The number of aromatic nitrogens is 2. The van der Waals surface area contributed by atoms with Crippen molar-refractivity contribution < 1.29 is 52.1 Å². The summed E-state index contributed by atoms with van der Waals surface area (Å²) in [6, 6.07) is 0. The monoisotopic (exact) mass is 694 g/mol. The van der Waals surface area contributed by atoms with Crippen LogP contribution in [0.2, 0.25) is 0 Å². The third-order valence-corrected chi connectivity index (χ3v) is 5.60. The van der Waals surface area contributed by atoms with Crippen LogP contribution in [0, 0.1) is 17.8 Å². The van der Waals surface area contributed by atoms with Crippen LogP contribution in [0.15, 0.2) is 18.7 Å². The second-order valence-corrected chi connectivity index (χ2v) is 8.46. The SMILES string of the molecule is CCCCC(CC)C(=O)[O-].CCCCC(CC)C(=O)[O-].CCCCC(CC)C(=O)[O-].[Au+3].c1c[nH]cn1. The molecule has 0 saturated carbocycles. The van der Waals surface area contributed by atoms with Gasteiger partial charge in [-0.2, -0.15) is 0 Å². The normalized spacial score (nSPS) is 11.9. The number of hydrogen-bond donors (Lipinski definition) is 1. The molecule has 0 aromatic carbocycles. The molecule has 0 fully saturated rings. The van der Waals surface area contributed by atoms with Crippen molar-refractivity contribution in [3.63, 3.8) is 0 Å². The molecule has 0 radical (unpaired) electrons. The zero-order valence-corrected chi connectivity index (χ0v) is 25.3. The number of carbonyl (C=O) groups is 3. The van der Waals surface area contributed by atoms with Gasteiger partial charge in [-0.25, -0.2) is 4.98 Å². The molecule has 36 heavy (non-hydrogen) atoms. The fourth-order valence-electron chi connectivity index (χ4n) is 3.03. The van der Waals surface area contributed by atoms with Crippen LogP contribution in [-0.2, 0) is 36.8 Å². The predicted molar refractivity (Wildman–Crippen MR) is 134 cm³/mol. The number of aromatic amines is 1. The minimum Gasteiger partial charge on any atom is -0.550 e. The van der Waals surface area contributed by atoms with Gasteiger partial charge < -0.3 is 34.7 Å². The minimum absolute atomic E-state index is 0. The molecule has 0 aliphatic rings. The Morgan fingerprint density at radius 1 is 0.667 bits per heavy atom. The molecule has 0 bridgehead atoms. The molecule has 214 valence electrons. The summed E-state index contributed by atoms with van der Waals surface area (Å²) in [6.07, 6.45) is 15.6. The van der Waals surface area contributed by atoms with Gasteiger partial charge in [0.15, 0.2) is 0 Å². The average molecular weight is 695 g/mol. The van der Waals surface area contributed by atoms with Gasteiger partial charge in [-0.05, 0) is 56.3 Å². The molecule has 3 unspecified atom stereocenters. The Morgan fingerprint density at radius 3 is 1.08 bits per heavy atom. The Labute approximate surface area is 234 Å². The molecule has 0 aliphatic carbocycles. The largest absolute Gasteiger partial charge is 3.00 e. The molecule has 1 aromatic rings. The summed E-state index contributed by atoms with van der Waals surface area (Å²) >= 11 is 0. The molecule has 3 atom stereocenters. The van der Waals surface area contributed by atoms with Gasteiger partial charge in [-0.15, -0.1) is 0 Å². The van der Waals surface area contributed by atoms with Crippen LogP contribution in [0.4, 0.5) is 0 Å². The fourth-order valence-corrected chi connectivity index (χ4v) is 3.03. The molecular formula is C27H49AuN2O6. The second-order valence-electron chi connectivity index (χ2n) is 8.46. The quantitative estimate of drug-likeness (QED) is 0.277. The van der Waals surface area contributed by atoms with Gasteiger partial charge in [-0.3, -0.25) is 0 Å². The first-order valence-corrected chi connectivity index (χ1v) is 13.2. The van der Waals surface area contributed by atoms with Crippen molar-refractivity contribution in [3.8, 4) is 0 Å². The van der Waals surface area contributed by atoms with Gasteiger partial charge in [0, 0.05) is 30.3 Å². The van der Waals surface area contributed by atoms with Crippen molar-refractivity contribution in [3.05, 3.63) is 18.7 Å². The van der Waals surface area contributed by atoms with Gasteiger partial charge in [0.1, 0.15) is 0 Å². The Bertz CT molecular complexity index is 520. The Kier molecular flexibility index (Phi) is 36.2. The maximum absolute atomic E-state index is 10.3. The number of carbonyl (C=O) groups excluding carboxylic acids is 3. The van der Waals surface area contributed by atoms with Gasteiger partial charge >= 0.3 is 22.4 Å². The number of rotatable bonds is 15. The number of carboxylic acids is 3. The summed E-state index contributed by atoms with van der Waals surface area (Å²) in [7, 11) is 0. The van der Waals surface area contributed by atoms with Gasteiger partial charge in [0.25, 0.3) is 0 Å². The van der Waals surface area contributed by atoms with Crippen molar-refractivity contribution in [1.29, 1.82) is 0 Å². The van der Waals surface area contributed by atoms with Crippen molar-refractivity contribution in [1.82, 2.24) is 9.97 Å². The molecule has 0 saturated heterocycles. The predicted octanol–water partition coefficient (Wildman–Crippen LogP) is 3.27. The number of nitrogens with zero attached hydrogens (tertiary/aromatic N) is 1. The summed E-state index contributed by atoms with van der Waals surface area (Å²) in [4.78, 5) is 37.4. The molecular weight excluding hydrogens is 645 g/mol. The van der Waals surface area contributed by atoms with E-state index < -0.39 is 17.9 Å². The number of carboxylic acid groups (broad SMARTS) is 3. The first-order valence-electron chi connectivity index (χ1n) is 13.2. The van der Waals surface area contributed by atoms with E-state index in [0.29, 0.717) is 19.3 Å². The Hall–Kier alpha value is -1.64. The summed E-state index contributed by atoms with van der Waals surface area (Å²) in [6.45, 7) is 11.8. The first kappa shape index (κ1) is 41.5. The van der Waals surface area contributed by atoms with Gasteiger partial charge in [0.2, 0.25) is 0 Å². The third-order valence-electron chi connectivity index (χ3n) is 5.60. The molecule has 8 nitrogen and oxygen atoms in total. The zero-order chi connectivity index (χ0) is 27.5. The van der Waals surface area contributed by atoms with Crippen LogP contribution in [0.3, 0.4) is 0 Å². The number of hydrogen-bond acceptors (Lipinski definition) is 7. The summed E-state index contributed by atoms with van der Waals surface area (Å²) in [5.74, 6) is -3.34. The minimum atomic E-state index is -0.893. The van der Waals surface area contributed by atoms with E-state index in [4.69, 9.17) is 0 Å². The fraction of sp³-hybridized carbons (Fsp3) is 0.778. The van der Waals surface area contributed by atoms with E-state index in [2.05, 4.69) is 30.7 Å². The van der Waals surface area contributed by atoms with E-state index in [9.17, 15) is 29.7 Å². The van der Waals surface area contributed by atoms with Crippen LogP contribution >= 0.6 is 0 Å². The zero-order valence-electron chi connectivity index (χ0n) is 23.1. The van der Waals surface area contributed by atoms with Crippen LogP contribution in [0.25, 0.3) is 0 Å². The maximum Gasteiger partial charge on any atom is 3.00 e. The molecule has 0 spiro atoms. The molecule has 0 aliphatic heterocycles. The van der Waals surface area contributed by atoms with E-state index in [1.54, 1.807) is 18.7 Å². The number of unbranched alkanes of at least 4 members (excludes halogenated alkanes) is 3. The van der Waals surface area contributed by atoms with Crippen LogP contribution < -0.4 is 15.3 Å². The Morgan fingerprint density at radius 2 is 0.972 bits per heavy atom. The standard InChI is InChI=1S/3C8H16O2.C3H4N2.Au/c3*1-3-5-6-7(4-2)8(9)10;1-2-5-3-4-1;/h3*7H,3-6H2,1-2H3,(H,9,10);1-3H,(H,4,5);/q;;;;+3/p-3. The van der Waals surface area contributed by atoms with Crippen LogP contribution in [0.5, 0.6) is 0 Å². The number of aliphatic carboxylic acids is 3. The number of imidazole rings is 1. The van der Waals surface area contributed by atoms with Crippen LogP contribution in [-0.4, -0.2) is 27.9 Å². The molecule has 0 amide bonds. The van der Waals surface area contributed by atoms with Crippen molar-refractivity contribution in [2.24, 2.45) is 17.8 Å². The maximum atomic E-state index is 10.3. The smallest absolute Gasteiger partial charge is 0.550 e. The van der Waals surface area contributed by atoms with Gasteiger partial charge in [0.05, 0.1) is 6.33 Å². The molecule has 1 heterocycles. The summed E-state index contributed by atoms with van der Waals surface area (Å²) < 4.78 is 0. The van der Waals surface area contributed by atoms with Crippen molar-refractivity contribution in [2.75, 3.05) is 0 Å². The van der Waals surface area contributed by atoms with E-state index in [-0.39, 0.29) is 40.1 Å². The molecule has 9 heteroatoms. The van der Waals surface area contributed by atoms with Gasteiger partial charge in [-0.1, -0.05) is 80.1 Å². The second kappa shape index (κ2) is 31.4. The molecule has 1 aromatic heterocycles. The third kappa shape index (κ3) is 28.6.